The Bertz CT molecular complexity index is 673. The number of piperidine rings is 1. The first-order valence-corrected chi connectivity index (χ1v) is 9.32. The number of amides is 1. The predicted molar refractivity (Wildman–Crippen MR) is 104 cm³/mol. The number of rotatable bonds is 5. The first-order chi connectivity index (χ1) is 12.2. The summed E-state index contributed by atoms with van der Waals surface area (Å²) >= 11 is 0. The quantitative estimate of drug-likeness (QED) is 0.808. The van der Waals surface area contributed by atoms with Crippen molar-refractivity contribution in [2.75, 3.05) is 18.0 Å². The first-order valence-electron chi connectivity index (χ1n) is 9.32. The molecule has 1 aliphatic heterocycles. The highest BCUT2D eigenvalue weighted by atomic mass is 16.2. The lowest BCUT2D eigenvalue weighted by Crippen LogP contribution is -2.47. The molecule has 3 nitrogen and oxygen atoms in total. The molecule has 0 unspecified atom stereocenters. The standard InChI is InChI=1S/C22H28N2O/c1-3-22(25)24(20-7-5-4-6-8-20)21-13-15-23(16-14-21)17-19-11-9-18(2)10-12-19/h4-12,21H,3,13-17H2,1-2H3. The van der Waals surface area contributed by atoms with Gasteiger partial charge in [-0.2, -0.15) is 0 Å². The third-order valence-corrected chi connectivity index (χ3v) is 5.05. The van der Waals surface area contributed by atoms with Crippen LogP contribution in [0.15, 0.2) is 54.6 Å². The Morgan fingerprint density at radius 1 is 1.04 bits per heavy atom. The smallest absolute Gasteiger partial charge is 0.226 e. The first kappa shape index (κ1) is 17.7. The minimum Gasteiger partial charge on any atom is -0.309 e. The van der Waals surface area contributed by atoms with E-state index in [9.17, 15) is 4.79 Å². The van der Waals surface area contributed by atoms with E-state index in [1.165, 1.54) is 11.1 Å². The molecule has 2 aromatic rings. The summed E-state index contributed by atoms with van der Waals surface area (Å²) in [5.74, 6) is 0.225. The number of likely N-dealkylation sites (tertiary alicyclic amines) is 1. The molecule has 1 aliphatic rings. The fourth-order valence-corrected chi connectivity index (χ4v) is 3.60. The number of aryl methyl sites for hydroxylation is 1. The predicted octanol–water partition coefficient (Wildman–Crippen LogP) is 4.40. The number of carbonyl (C=O) groups excluding carboxylic acids is 1. The van der Waals surface area contributed by atoms with Crippen molar-refractivity contribution >= 4 is 11.6 Å². The largest absolute Gasteiger partial charge is 0.309 e. The number of nitrogens with zero attached hydrogens (tertiary/aromatic N) is 2. The van der Waals surface area contributed by atoms with Crippen LogP contribution in [0.25, 0.3) is 0 Å². The maximum atomic E-state index is 12.5. The van der Waals surface area contributed by atoms with E-state index in [2.05, 4.69) is 36.1 Å². The van der Waals surface area contributed by atoms with Gasteiger partial charge in [-0.3, -0.25) is 9.69 Å². The van der Waals surface area contributed by atoms with Gasteiger partial charge in [0.15, 0.2) is 0 Å². The van der Waals surface area contributed by atoms with Crippen LogP contribution in [0, 0.1) is 6.92 Å². The van der Waals surface area contributed by atoms with Gasteiger partial charge in [-0.15, -0.1) is 0 Å². The Morgan fingerprint density at radius 2 is 1.68 bits per heavy atom. The summed E-state index contributed by atoms with van der Waals surface area (Å²) in [6.45, 7) is 7.15. The van der Waals surface area contributed by atoms with Crippen LogP contribution >= 0.6 is 0 Å². The molecule has 0 N–H and O–H groups in total. The molecule has 0 bridgehead atoms. The van der Waals surface area contributed by atoms with Gasteiger partial charge >= 0.3 is 0 Å². The van der Waals surface area contributed by atoms with Gasteiger partial charge in [-0.25, -0.2) is 0 Å². The van der Waals surface area contributed by atoms with Gasteiger partial charge in [0.05, 0.1) is 0 Å². The molecule has 2 aromatic carbocycles. The van der Waals surface area contributed by atoms with E-state index < -0.39 is 0 Å². The number of benzene rings is 2. The molecule has 0 spiro atoms. The third-order valence-electron chi connectivity index (χ3n) is 5.05. The summed E-state index contributed by atoms with van der Waals surface area (Å²) < 4.78 is 0. The summed E-state index contributed by atoms with van der Waals surface area (Å²) in [6, 6.07) is 19.2. The Labute approximate surface area is 151 Å². The molecule has 0 radical (unpaired) electrons. The molecular weight excluding hydrogens is 308 g/mol. The number of anilines is 1. The normalized spacial score (nSPS) is 15.9. The van der Waals surface area contributed by atoms with Crippen molar-refractivity contribution in [2.24, 2.45) is 0 Å². The second-order valence-electron chi connectivity index (χ2n) is 6.95. The zero-order valence-electron chi connectivity index (χ0n) is 15.3. The van der Waals surface area contributed by atoms with E-state index in [4.69, 9.17) is 0 Å². The average molecular weight is 336 g/mol. The van der Waals surface area contributed by atoms with Gasteiger partial charge in [0.25, 0.3) is 0 Å². The van der Waals surface area contributed by atoms with E-state index in [1.807, 2.05) is 42.2 Å². The minimum atomic E-state index is 0.225. The molecule has 132 valence electrons. The highest BCUT2D eigenvalue weighted by molar-refractivity contribution is 5.93. The zero-order valence-corrected chi connectivity index (χ0v) is 15.3. The Balaban J connectivity index is 1.63. The third kappa shape index (κ3) is 4.49. The van der Waals surface area contributed by atoms with E-state index in [-0.39, 0.29) is 5.91 Å². The minimum absolute atomic E-state index is 0.225. The molecule has 3 rings (SSSR count). The second-order valence-corrected chi connectivity index (χ2v) is 6.95. The molecule has 25 heavy (non-hydrogen) atoms. The van der Waals surface area contributed by atoms with Crippen LogP contribution in [-0.4, -0.2) is 29.9 Å². The van der Waals surface area contributed by atoms with Crippen molar-refractivity contribution in [3.05, 3.63) is 65.7 Å². The van der Waals surface area contributed by atoms with E-state index in [0.29, 0.717) is 12.5 Å². The number of hydrogen-bond acceptors (Lipinski definition) is 2. The summed E-state index contributed by atoms with van der Waals surface area (Å²) in [4.78, 5) is 17.1. The lowest BCUT2D eigenvalue weighted by molar-refractivity contribution is -0.119. The molecule has 1 amide bonds. The fourth-order valence-electron chi connectivity index (χ4n) is 3.60. The van der Waals surface area contributed by atoms with Crippen LogP contribution in [0.2, 0.25) is 0 Å². The number of para-hydroxylation sites is 1. The topological polar surface area (TPSA) is 23.6 Å². The molecule has 0 saturated carbocycles. The summed E-state index contributed by atoms with van der Waals surface area (Å²) in [7, 11) is 0. The summed E-state index contributed by atoms with van der Waals surface area (Å²) in [6.07, 6.45) is 2.62. The molecule has 0 aliphatic carbocycles. The highest BCUT2D eigenvalue weighted by Crippen LogP contribution is 2.25. The van der Waals surface area contributed by atoms with Crippen molar-refractivity contribution in [3.63, 3.8) is 0 Å². The van der Waals surface area contributed by atoms with Crippen molar-refractivity contribution in [3.8, 4) is 0 Å². The van der Waals surface area contributed by atoms with E-state index in [0.717, 1.165) is 38.2 Å². The van der Waals surface area contributed by atoms with Crippen LogP contribution in [0.5, 0.6) is 0 Å². The van der Waals surface area contributed by atoms with Gasteiger partial charge in [0.2, 0.25) is 5.91 Å². The molecular formula is C22H28N2O. The van der Waals surface area contributed by atoms with Crippen LogP contribution < -0.4 is 4.90 Å². The molecule has 0 atom stereocenters. The van der Waals surface area contributed by atoms with Gasteiger partial charge in [-0.1, -0.05) is 55.0 Å². The molecule has 1 saturated heterocycles. The molecule has 1 heterocycles. The van der Waals surface area contributed by atoms with Crippen molar-refractivity contribution in [1.29, 1.82) is 0 Å². The van der Waals surface area contributed by atoms with Gasteiger partial charge in [0, 0.05) is 37.8 Å². The van der Waals surface area contributed by atoms with Crippen LogP contribution in [0.1, 0.15) is 37.3 Å². The zero-order chi connectivity index (χ0) is 17.6. The molecule has 1 fully saturated rings. The number of carbonyl (C=O) groups is 1. The van der Waals surface area contributed by atoms with Crippen molar-refractivity contribution < 1.29 is 4.79 Å². The second kappa shape index (κ2) is 8.30. The maximum absolute atomic E-state index is 12.5. The van der Waals surface area contributed by atoms with Gasteiger partial charge in [0.1, 0.15) is 0 Å². The molecule has 0 aromatic heterocycles. The van der Waals surface area contributed by atoms with Crippen LogP contribution in [-0.2, 0) is 11.3 Å². The molecule has 3 heteroatoms. The van der Waals surface area contributed by atoms with Gasteiger partial charge in [-0.05, 0) is 37.5 Å². The van der Waals surface area contributed by atoms with E-state index >= 15 is 0 Å². The fraction of sp³-hybridized carbons (Fsp3) is 0.409. The Kier molecular flexibility index (Phi) is 5.87. The summed E-state index contributed by atoms with van der Waals surface area (Å²) in [5, 5.41) is 0. The monoisotopic (exact) mass is 336 g/mol. The maximum Gasteiger partial charge on any atom is 0.226 e. The lowest BCUT2D eigenvalue weighted by atomic mass is 10.0. The van der Waals surface area contributed by atoms with Gasteiger partial charge < -0.3 is 4.90 Å². The van der Waals surface area contributed by atoms with E-state index in [1.54, 1.807) is 0 Å². The highest BCUT2D eigenvalue weighted by Gasteiger charge is 2.28. The van der Waals surface area contributed by atoms with Crippen molar-refractivity contribution in [1.82, 2.24) is 4.90 Å². The Hall–Kier alpha value is -2.13. The average Bonchev–Trinajstić information content (AvgIpc) is 2.66. The van der Waals surface area contributed by atoms with Crippen LogP contribution in [0.4, 0.5) is 5.69 Å². The Morgan fingerprint density at radius 3 is 2.28 bits per heavy atom. The van der Waals surface area contributed by atoms with Crippen molar-refractivity contribution in [2.45, 2.75) is 45.7 Å². The SMILES string of the molecule is CCC(=O)N(c1ccccc1)C1CCN(Cc2ccc(C)cc2)CC1. The lowest BCUT2D eigenvalue weighted by Gasteiger charge is -2.38. The van der Waals surface area contributed by atoms with Crippen LogP contribution in [0.3, 0.4) is 0 Å². The number of hydrogen-bond donors (Lipinski definition) is 0. The summed E-state index contributed by atoms with van der Waals surface area (Å²) in [5.41, 5.74) is 3.71.